The number of aromatic nitrogens is 3. The van der Waals surface area contributed by atoms with Gasteiger partial charge in [-0.3, -0.25) is 34.2 Å². The largest absolute Gasteiger partial charge is 0.349 e. The highest BCUT2D eigenvalue weighted by Crippen LogP contribution is 1.96. The lowest BCUT2D eigenvalue weighted by Gasteiger charge is -2.23. The summed E-state index contributed by atoms with van der Waals surface area (Å²) in [6.45, 7) is 2.74. The number of hydrogen-bond acceptors (Lipinski definition) is 7. The number of pyridine rings is 3. The van der Waals surface area contributed by atoms with Crippen molar-refractivity contribution in [2.75, 3.05) is 39.3 Å². The van der Waals surface area contributed by atoms with E-state index < -0.39 is 0 Å². The topological polar surface area (TPSA) is 129 Å². The smallest absolute Gasteiger partial charge is 0.269 e. The maximum atomic E-state index is 12.2. The molecule has 10 nitrogen and oxygen atoms in total. The molecule has 10 heteroatoms. The summed E-state index contributed by atoms with van der Waals surface area (Å²) >= 11 is 0. The predicted octanol–water partition coefficient (Wildman–Crippen LogP) is 0.763. The van der Waals surface area contributed by atoms with Crippen LogP contribution in [0.4, 0.5) is 0 Å². The first kappa shape index (κ1) is 24.5. The van der Waals surface area contributed by atoms with Crippen molar-refractivity contribution in [2.45, 2.75) is 0 Å². The average molecular weight is 462 g/mol. The van der Waals surface area contributed by atoms with Gasteiger partial charge in [0.1, 0.15) is 17.1 Å². The molecule has 34 heavy (non-hydrogen) atoms. The van der Waals surface area contributed by atoms with Crippen LogP contribution >= 0.6 is 0 Å². The second kappa shape index (κ2) is 13.4. The second-order valence-corrected chi connectivity index (χ2v) is 7.25. The van der Waals surface area contributed by atoms with Crippen LogP contribution < -0.4 is 16.0 Å². The van der Waals surface area contributed by atoms with Crippen molar-refractivity contribution in [1.29, 1.82) is 0 Å². The second-order valence-electron chi connectivity index (χ2n) is 7.25. The molecular weight excluding hydrogens is 434 g/mol. The van der Waals surface area contributed by atoms with Crippen molar-refractivity contribution in [3.8, 4) is 0 Å². The summed E-state index contributed by atoms with van der Waals surface area (Å²) in [7, 11) is 0. The van der Waals surface area contributed by atoms with Gasteiger partial charge < -0.3 is 16.0 Å². The average Bonchev–Trinajstić information content (AvgIpc) is 2.89. The third-order valence-electron chi connectivity index (χ3n) is 4.83. The molecule has 0 aliphatic carbocycles. The van der Waals surface area contributed by atoms with Gasteiger partial charge in [-0.25, -0.2) is 0 Å². The van der Waals surface area contributed by atoms with Gasteiger partial charge in [0, 0.05) is 57.9 Å². The van der Waals surface area contributed by atoms with Crippen LogP contribution in [0.25, 0.3) is 0 Å². The standard InChI is InChI=1S/C24H27N7O3/c32-22(19-7-1-4-10-25-19)28-13-16-31(17-14-29-23(33)20-8-2-5-11-26-20)18-15-30-24(34)21-9-3-6-12-27-21/h1-12H,13-18H2,(H,28,32)(H,29,33)(H,30,34). The molecule has 0 unspecified atom stereocenters. The van der Waals surface area contributed by atoms with Crippen molar-refractivity contribution in [3.63, 3.8) is 0 Å². The van der Waals surface area contributed by atoms with Crippen molar-refractivity contribution >= 4 is 17.7 Å². The number of carbonyl (C=O) groups is 3. The fourth-order valence-electron chi connectivity index (χ4n) is 3.08. The van der Waals surface area contributed by atoms with Crippen molar-refractivity contribution in [3.05, 3.63) is 90.3 Å². The minimum absolute atomic E-state index is 0.257. The van der Waals surface area contributed by atoms with E-state index in [2.05, 4.69) is 30.9 Å². The third-order valence-corrected chi connectivity index (χ3v) is 4.83. The number of hydrogen-bond donors (Lipinski definition) is 3. The summed E-state index contributed by atoms with van der Waals surface area (Å²) in [4.78, 5) is 50.8. The van der Waals surface area contributed by atoms with Crippen LogP contribution in [0, 0.1) is 0 Å². The molecule has 176 valence electrons. The highest BCUT2D eigenvalue weighted by Gasteiger charge is 2.12. The van der Waals surface area contributed by atoms with E-state index in [-0.39, 0.29) is 17.7 Å². The number of nitrogens with zero attached hydrogens (tertiary/aromatic N) is 4. The Labute approximate surface area is 197 Å². The summed E-state index contributed by atoms with van der Waals surface area (Å²) in [6, 6.07) is 15.4. The van der Waals surface area contributed by atoms with Crippen LogP contribution in [-0.2, 0) is 0 Å². The van der Waals surface area contributed by atoms with E-state index in [9.17, 15) is 14.4 Å². The van der Waals surface area contributed by atoms with Gasteiger partial charge in [0.15, 0.2) is 0 Å². The van der Waals surface area contributed by atoms with Crippen LogP contribution in [0.2, 0.25) is 0 Å². The lowest BCUT2D eigenvalue weighted by Crippen LogP contribution is -2.43. The molecule has 0 aromatic carbocycles. The minimum atomic E-state index is -0.257. The first-order chi connectivity index (χ1) is 16.6. The third kappa shape index (κ3) is 8.06. The monoisotopic (exact) mass is 461 g/mol. The first-order valence-corrected chi connectivity index (χ1v) is 10.9. The Bertz CT molecular complexity index is 913. The molecule has 3 aromatic heterocycles. The highest BCUT2D eigenvalue weighted by molar-refractivity contribution is 5.93. The van der Waals surface area contributed by atoms with Gasteiger partial charge in [0.05, 0.1) is 0 Å². The zero-order chi connectivity index (χ0) is 24.0. The molecule has 0 saturated carbocycles. The van der Waals surface area contributed by atoms with E-state index >= 15 is 0 Å². The van der Waals surface area contributed by atoms with Crippen molar-refractivity contribution in [2.24, 2.45) is 0 Å². The van der Waals surface area contributed by atoms with Crippen LogP contribution in [-0.4, -0.2) is 76.8 Å². The van der Waals surface area contributed by atoms with Crippen molar-refractivity contribution in [1.82, 2.24) is 35.8 Å². The molecule has 3 amide bonds. The summed E-state index contributed by atoms with van der Waals surface area (Å²) in [6.07, 6.45) is 4.70. The lowest BCUT2D eigenvalue weighted by atomic mass is 10.3. The zero-order valence-corrected chi connectivity index (χ0v) is 18.7. The van der Waals surface area contributed by atoms with E-state index in [1.807, 2.05) is 4.90 Å². The maximum absolute atomic E-state index is 12.2. The Hall–Kier alpha value is -4.18. The molecular formula is C24H27N7O3. The van der Waals surface area contributed by atoms with Gasteiger partial charge in [-0.1, -0.05) is 18.2 Å². The highest BCUT2D eigenvalue weighted by atomic mass is 16.2. The molecule has 0 atom stereocenters. The lowest BCUT2D eigenvalue weighted by molar-refractivity contribution is 0.0943. The Morgan fingerprint density at radius 1 is 0.559 bits per heavy atom. The number of nitrogens with one attached hydrogen (secondary N) is 3. The maximum Gasteiger partial charge on any atom is 0.269 e. The summed E-state index contributed by atoms with van der Waals surface area (Å²) in [5, 5.41) is 8.53. The zero-order valence-electron chi connectivity index (χ0n) is 18.7. The molecule has 0 aliphatic rings. The molecule has 3 aromatic rings. The SMILES string of the molecule is O=C(NCCN(CCNC(=O)c1ccccn1)CCNC(=O)c1ccccn1)c1ccccn1. The van der Waals surface area contributed by atoms with E-state index in [0.29, 0.717) is 56.4 Å². The van der Waals surface area contributed by atoms with Crippen LogP contribution in [0.3, 0.4) is 0 Å². The molecule has 0 fully saturated rings. The molecule has 3 rings (SSSR count). The molecule has 0 saturated heterocycles. The molecule has 0 aliphatic heterocycles. The molecule has 3 heterocycles. The molecule has 0 radical (unpaired) electrons. The van der Waals surface area contributed by atoms with Crippen molar-refractivity contribution < 1.29 is 14.4 Å². The molecule has 0 bridgehead atoms. The fraction of sp³-hybridized carbons (Fsp3) is 0.250. The van der Waals surface area contributed by atoms with Gasteiger partial charge in [0.25, 0.3) is 17.7 Å². The number of rotatable bonds is 12. The Kier molecular flexibility index (Phi) is 9.63. The van der Waals surface area contributed by atoms with E-state index in [4.69, 9.17) is 0 Å². The quantitative estimate of drug-likeness (QED) is 0.363. The van der Waals surface area contributed by atoms with Gasteiger partial charge in [0.2, 0.25) is 0 Å². The van der Waals surface area contributed by atoms with E-state index in [1.54, 1.807) is 73.2 Å². The normalized spacial score (nSPS) is 10.5. The Balaban J connectivity index is 1.48. The first-order valence-electron chi connectivity index (χ1n) is 10.9. The molecule has 0 spiro atoms. The van der Waals surface area contributed by atoms with Gasteiger partial charge >= 0.3 is 0 Å². The van der Waals surface area contributed by atoms with E-state index in [1.165, 1.54) is 0 Å². The fourth-order valence-corrected chi connectivity index (χ4v) is 3.08. The van der Waals surface area contributed by atoms with Gasteiger partial charge in [-0.2, -0.15) is 0 Å². The molecule has 3 N–H and O–H groups in total. The van der Waals surface area contributed by atoms with Crippen LogP contribution in [0.1, 0.15) is 31.5 Å². The predicted molar refractivity (Wildman–Crippen MR) is 126 cm³/mol. The van der Waals surface area contributed by atoms with Gasteiger partial charge in [-0.15, -0.1) is 0 Å². The Morgan fingerprint density at radius 3 is 1.15 bits per heavy atom. The van der Waals surface area contributed by atoms with Gasteiger partial charge in [-0.05, 0) is 36.4 Å². The summed E-state index contributed by atoms with van der Waals surface area (Å²) in [5.74, 6) is -0.771. The Morgan fingerprint density at radius 2 is 0.882 bits per heavy atom. The van der Waals surface area contributed by atoms with Crippen LogP contribution in [0.15, 0.2) is 73.2 Å². The van der Waals surface area contributed by atoms with Crippen LogP contribution in [0.5, 0.6) is 0 Å². The number of amides is 3. The minimum Gasteiger partial charge on any atom is -0.349 e. The summed E-state index contributed by atoms with van der Waals surface area (Å²) < 4.78 is 0. The summed E-state index contributed by atoms with van der Waals surface area (Å²) in [5.41, 5.74) is 1.04. The van der Waals surface area contributed by atoms with E-state index in [0.717, 1.165) is 0 Å². The number of carbonyl (C=O) groups excluding carboxylic acids is 3.